The molecule has 166 valence electrons. The number of piperazine rings is 1. The van der Waals surface area contributed by atoms with Gasteiger partial charge in [-0.25, -0.2) is 14.6 Å². The second-order valence-corrected chi connectivity index (χ2v) is 9.34. The molecule has 0 aromatic carbocycles. The van der Waals surface area contributed by atoms with Gasteiger partial charge in [-0.2, -0.15) is 4.98 Å². The Labute approximate surface area is 183 Å². The van der Waals surface area contributed by atoms with E-state index in [2.05, 4.69) is 25.9 Å². The highest BCUT2D eigenvalue weighted by atomic mass is 79.9. The van der Waals surface area contributed by atoms with Gasteiger partial charge in [0, 0.05) is 40.3 Å². The number of aryl methyl sites for hydroxylation is 2. The van der Waals surface area contributed by atoms with Crippen molar-refractivity contribution in [1.82, 2.24) is 24.0 Å². The summed E-state index contributed by atoms with van der Waals surface area (Å²) >= 11 is 3.44. The van der Waals surface area contributed by atoms with Gasteiger partial charge in [0.2, 0.25) is 0 Å². The molecule has 0 saturated carbocycles. The summed E-state index contributed by atoms with van der Waals surface area (Å²) in [7, 11) is 5.11. The van der Waals surface area contributed by atoms with E-state index in [4.69, 9.17) is 9.47 Å². The first-order valence-electron chi connectivity index (χ1n) is 9.78. The van der Waals surface area contributed by atoms with Gasteiger partial charge < -0.3 is 23.8 Å². The molecule has 2 atom stereocenters. The minimum Gasteiger partial charge on any atom is -0.444 e. The predicted molar refractivity (Wildman–Crippen MR) is 117 cm³/mol. The summed E-state index contributed by atoms with van der Waals surface area (Å²) in [5, 5.41) is 0. The van der Waals surface area contributed by atoms with Crippen LogP contribution in [0.15, 0.2) is 9.53 Å². The topological polar surface area (TPSA) is 94.7 Å². The highest BCUT2D eigenvalue weighted by molar-refractivity contribution is 9.10. The molecular formula is C19H29BrN6O4. The number of amides is 1. The van der Waals surface area contributed by atoms with E-state index in [1.165, 1.54) is 4.57 Å². The lowest BCUT2D eigenvalue weighted by Crippen LogP contribution is -2.61. The van der Waals surface area contributed by atoms with E-state index in [1.54, 1.807) is 23.6 Å². The molecule has 0 aliphatic carbocycles. The van der Waals surface area contributed by atoms with Gasteiger partial charge in [0.25, 0.3) is 0 Å². The lowest BCUT2D eigenvalue weighted by Gasteiger charge is -2.45. The summed E-state index contributed by atoms with van der Waals surface area (Å²) in [6.07, 6.45) is -0.363. The van der Waals surface area contributed by atoms with Gasteiger partial charge in [-0.05, 0) is 43.6 Å². The number of fused-ring (bicyclic) bond motifs is 1. The van der Waals surface area contributed by atoms with Crippen molar-refractivity contribution in [3.8, 4) is 0 Å². The molecule has 10 nitrogen and oxygen atoms in total. The highest BCUT2D eigenvalue weighted by Gasteiger charge is 2.38. The normalized spacial score (nSPS) is 20.1. The van der Waals surface area contributed by atoms with Crippen LogP contribution in [0, 0.1) is 0 Å². The molecule has 1 saturated heterocycles. The van der Waals surface area contributed by atoms with E-state index in [1.807, 2.05) is 39.6 Å². The molecule has 3 rings (SSSR count). The fraction of sp³-hybridized carbons (Fsp3) is 0.684. The first-order chi connectivity index (χ1) is 13.9. The molecule has 30 heavy (non-hydrogen) atoms. The SMILES string of the molecule is COC[C@H]1CN(C(=O)OC(C)(C)C)[C@H](C)CN1c1nc(=O)n(C)c2c1nc(Br)n2C. The summed E-state index contributed by atoms with van der Waals surface area (Å²) in [5.41, 5.74) is 0.330. The molecule has 11 heteroatoms. The number of hydrogen-bond acceptors (Lipinski definition) is 7. The molecule has 0 N–H and O–H groups in total. The van der Waals surface area contributed by atoms with Gasteiger partial charge in [0.05, 0.1) is 12.6 Å². The van der Waals surface area contributed by atoms with Gasteiger partial charge in [0.15, 0.2) is 10.6 Å². The molecular weight excluding hydrogens is 456 g/mol. The van der Waals surface area contributed by atoms with Crippen molar-refractivity contribution in [1.29, 1.82) is 0 Å². The van der Waals surface area contributed by atoms with E-state index in [0.717, 1.165) is 0 Å². The molecule has 0 unspecified atom stereocenters. The van der Waals surface area contributed by atoms with Crippen LogP contribution >= 0.6 is 15.9 Å². The fourth-order valence-electron chi connectivity index (χ4n) is 3.71. The van der Waals surface area contributed by atoms with E-state index in [-0.39, 0.29) is 23.9 Å². The Morgan fingerprint density at radius 1 is 1.20 bits per heavy atom. The monoisotopic (exact) mass is 484 g/mol. The highest BCUT2D eigenvalue weighted by Crippen LogP contribution is 2.29. The third kappa shape index (κ3) is 4.18. The second-order valence-electron chi connectivity index (χ2n) is 8.63. The zero-order valence-corrected chi connectivity index (χ0v) is 20.1. The van der Waals surface area contributed by atoms with E-state index in [9.17, 15) is 9.59 Å². The van der Waals surface area contributed by atoms with Crippen LogP contribution in [0.5, 0.6) is 0 Å². The number of aromatic nitrogens is 4. The van der Waals surface area contributed by atoms with Crippen LogP contribution in [-0.2, 0) is 23.6 Å². The van der Waals surface area contributed by atoms with Crippen molar-refractivity contribution in [2.24, 2.45) is 14.1 Å². The summed E-state index contributed by atoms with van der Waals surface area (Å²) in [6.45, 7) is 8.70. The average molecular weight is 485 g/mol. The molecule has 0 radical (unpaired) electrons. The molecule has 1 aliphatic rings. The number of methoxy groups -OCH3 is 1. The largest absolute Gasteiger partial charge is 0.444 e. The number of imidazole rings is 1. The Balaban J connectivity index is 2.03. The van der Waals surface area contributed by atoms with Crippen molar-refractivity contribution < 1.29 is 14.3 Å². The fourth-order valence-corrected chi connectivity index (χ4v) is 4.06. The van der Waals surface area contributed by atoms with Crippen molar-refractivity contribution >= 4 is 39.0 Å². The summed E-state index contributed by atoms with van der Waals surface area (Å²) in [5.74, 6) is 0.493. The zero-order valence-electron chi connectivity index (χ0n) is 18.5. The number of carbonyl (C=O) groups excluding carboxylic acids is 1. The Kier molecular flexibility index (Phi) is 6.15. The van der Waals surface area contributed by atoms with Gasteiger partial charge >= 0.3 is 11.8 Å². The smallest absolute Gasteiger partial charge is 0.410 e. The average Bonchev–Trinajstić information content (AvgIpc) is 2.93. The number of nitrogens with zero attached hydrogens (tertiary/aromatic N) is 6. The first kappa shape index (κ1) is 22.5. The lowest BCUT2D eigenvalue weighted by atomic mass is 10.1. The van der Waals surface area contributed by atoms with E-state index >= 15 is 0 Å². The molecule has 1 amide bonds. The third-order valence-electron chi connectivity index (χ3n) is 5.13. The minimum atomic E-state index is -0.579. The molecule has 3 heterocycles. The number of rotatable bonds is 3. The predicted octanol–water partition coefficient (Wildman–Crippen LogP) is 1.89. The Hall–Kier alpha value is -2.14. The Bertz CT molecular complexity index is 1010. The molecule has 0 bridgehead atoms. The molecule has 2 aromatic rings. The molecule has 2 aromatic heterocycles. The zero-order chi connectivity index (χ0) is 22.4. The van der Waals surface area contributed by atoms with Crippen LogP contribution in [0.4, 0.5) is 10.6 Å². The molecule has 1 aliphatic heterocycles. The van der Waals surface area contributed by atoms with Gasteiger partial charge in [-0.3, -0.25) is 4.57 Å². The van der Waals surface area contributed by atoms with Crippen LogP contribution in [0.2, 0.25) is 0 Å². The summed E-state index contributed by atoms with van der Waals surface area (Å²) in [6, 6.07) is -0.358. The molecule has 0 spiro atoms. The Morgan fingerprint density at radius 3 is 2.47 bits per heavy atom. The minimum absolute atomic E-state index is 0.152. The van der Waals surface area contributed by atoms with Crippen molar-refractivity contribution in [2.75, 3.05) is 31.7 Å². The Morgan fingerprint density at radius 2 is 1.87 bits per heavy atom. The summed E-state index contributed by atoms with van der Waals surface area (Å²) < 4.78 is 14.9. The van der Waals surface area contributed by atoms with Crippen LogP contribution in [-0.4, -0.2) is 74.6 Å². The van der Waals surface area contributed by atoms with Crippen molar-refractivity contribution in [2.45, 2.75) is 45.4 Å². The second kappa shape index (κ2) is 8.18. The van der Waals surface area contributed by atoms with Crippen molar-refractivity contribution in [3.63, 3.8) is 0 Å². The van der Waals surface area contributed by atoms with Crippen LogP contribution in [0.25, 0.3) is 11.2 Å². The molecule has 1 fully saturated rings. The van der Waals surface area contributed by atoms with Gasteiger partial charge in [-0.15, -0.1) is 0 Å². The van der Waals surface area contributed by atoms with Crippen molar-refractivity contribution in [3.05, 3.63) is 15.2 Å². The van der Waals surface area contributed by atoms with Crippen LogP contribution in [0.3, 0.4) is 0 Å². The number of anilines is 1. The first-order valence-corrected chi connectivity index (χ1v) is 10.6. The third-order valence-corrected chi connectivity index (χ3v) is 5.84. The number of halogens is 1. The quantitative estimate of drug-likeness (QED) is 0.613. The summed E-state index contributed by atoms with van der Waals surface area (Å²) in [4.78, 5) is 37.9. The van der Waals surface area contributed by atoms with Gasteiger partial charge in [0.1, 0.15) is 16.8 Å². The number of ether oxygens (including phenoxy) is 2. The van der Waals surface area contributed by atoms with Crippen LogP contribution < -0.4 is 10.6 Å². The van der Waals surface area contributed by atoms with E-state index in [0.29, 0.717) is 41.4 Å². The lowest BCUT2D eigenvalue weighted by molar-refractivity contribution is 0.00896. The van der Waals surface area contributed by atoms with E-state index < -0.39 is 5.60 Å². The van der Waals surface area contributed by atoms with Gasteiger partial charge in [-0.1, -0.05) is 0 Å². The maximum Gasteiger partial charge on any atom is 0.410 e. The standard InChI is InChI=1S/C19H29BrN6O4/c1-11-8-26(12(10-29-7)9-25(11)18(28)30-19(2,3)4)14-13-15(23(5)16(20)21-13)24(6)17(27)22-14/h11-12H,8-10H2,1-7H3/t11-,12-/m1/s1. The maximum atomic E-state index is 12.7. The van der Waals surface area contributed by atoms with Crippen LogP contribution in [0.1, 0.15) is 27.7 Å². The number of hydrogen-bond donors (Lipinski definition) is 0. The maximum absolute atomic E-state index is 12.7. The number of carbonyl (C=O) groups is 1.